The van der Waals surface area contributed by atoms with Gasteiger partial charge in [-0.15, -0.1) is 0 Å². The topological polar surface area (TPSA) is 252 Å². The van der Waals surface area contributed by atoms with Gasteiger partial charge in [0.1, 0.15) is 36.3 Å². The molecular weight excluding hydrogens is 516 g/mol. The second-order valence-electron chi connectivity index (χ2n) is 8.53. The molecule has 10 atom stereocenters. The Morgan fingerprint density at radius 2 is 1.57 bits per heavy atom. The van der Waals surface area contributed by atoms with E-state index in [-0.39, 0.29) is 23.1 Å². The summed E-state index contributed by atoms with van der Waals surface area (Å²) in [5, 5.41) is 50.3. The Balaban J connectivity index is 1.58. The highest BCUT2D eigenvalue weighted by Gasteiger charge is 2.48. The van der Waals surface area contributed by atoms with Crippen LogP contribution in [0.5, 0.6) is 0 Å². The molecule has 2 unspecified atom stereocenters. The summed E-state index contributed by atoms with van der Waals surface area (Å²) >= 11 is 0. The molecule has 0 radical (unpaired) electrons. The van der Waals surface area contributed by atoms with Crippen LogP contribution in [0.4, 0.5) is 0 Å². The predicted octanol–water partition coefficient (Wildman–Crippen LogP) is -2.12. The Hall–Kier alpha value is -1.59. The average molecular weight is 539 g/mol. The number of nitrogens with zero attached hydrogens (tertiary/aromatic N) is 4. The molecular formula is C16H23N5O12P2. The number of rotatable bonds is 0. The molecule has 1 saturated carbocycles. The van der Waals surface area contributed by atoms with Gasteiger partial charge in [0.25, 0.3) is 0 Å². The molecule has 4 aliphatic rings. The summed E-state index contributed by atoms with van der Waals surface area (Å²) in [7, 11) is -10.4. The molecule has 0 amide bonds. The molecule has 0 spiro atoms. The Kier molecular flexibility index (Phi) is 6.28. The molecule has 5 heterocycles. The number of nitrogens with one attached hydrogen (secondary N) is 1. The molecule has 35 heavy (non-hydrogen) atoms. The number of ether oxygens (including phenoxy) is 1. The van der Waals surface area contributed by atoms with E-state index < -0.39 is 77.6 Å². The third-order valence-corrected chi connectivity index (χ3v) is 8.96. The van der Waals surface area contributed by atoms with Crippen LogP contribution in [0.15, 0.2) is 12.7 Å². The van der Waals surface area contributed by atoms with E-state index in [1.165, 1.54) is 10.9 Å². The van der Waals surface area contributed by atoms with Gasteiger partial charge in [-0.2, -0.15) is 4.31 Å². The molecule has 2 aromatic heterocycles. The van der Waals surface area contributed by atoms with Crippen molar-refractivity contribution in [3.05, 3.63) is 18.1 Å². The van der Waals surface area contributed by atoms with Gasteiger partial charge < -0.3 is 39.5 Å². The van der Waals surface area contributed by atoms with Gasteiger partial charge in [0.2, 0.25) is 0 Å². The summed E-state index contributed by atoms with van der Waals surface area (Å²) < 4.78 is 46.1. The van der Waals surface area contributed by atoms with Gasteiger partial charge in [-0.25, -0.2) is 19.1 Å². The minimum absolute atomic E-state index is 0.0311. The predicted molar refractivity (Wildman–Crippen MR) is 109 cm³/mol. The Labute approximate surface area is 195 Å². The first-order chi connectivity index (χ1) is 16.4. The van der Waals surface area contributed by atoms with E-state index >= 15 is 0 Å². The summed E-state index contributed by atoms with van der Waals surface area (Å²) in [6.07, 6.45) is -6.27. The fraction of sp³-hybridized carbons (Fsp3) is 0.688. The van der Waals surface area contributed by atoms with Crippen LogP contribution >= 0.6 is 15.6 Å². The number of imidazole rings is 1. The quantitative estimate of drug-likeness (QED) is 0.177. The highest BCUT2D eigenvalue weighted by molar-refractivity contribution is 7.61. The normalized spacial score (nSPS) is 44.6. The smallest absolute Gasteiger partial charge is 0.390 e. The Morgan fingerprint density at radius 3 is 2.29 bits per heavy atom. The van der Waals surface area contributed by atoms with Gasteiger partial charge in [0, 0.05) is 5.92 Å². The number of aromatic nitrogens is 4. The zero-order chi connectivity index (χ0) is 25.3. The Bertz CT molecular complexity index is 1290. The first-order valence-electron chi connectivity index (χ1n) is 10.4. The molecule has 1 saturated heterocycles. The van der Waals surface area contributed by atoms with Crippen molar-refractivity contribution in [1.29, 1.82) is 5.41 Å². The van der Waals surface area contributed by atoms with Crippen molar-refractivity contribution in [3.8, 4) is 0 Å². The lowest BCUT2D eigenvalue weighted by Crippen LogP contribution is -2.36. The second-order valence-corrected chi connectivity index (χ2v) is 11.6. The van der Waals surface area contributed by atoms with Crippen LogP contribution in [0.1, 0.15) is 18.7 Å². The van der Waals surface area contributed by atoms with Crippen molar-refractivity contribution in [2.45, 2.75) is 49.2 Å². The van der Waals surface area contributed by atoms with Gasteiger partial charge in [-0.3, -0.25) is 19.0 Å². The number of aliphatic hydroxyl groups is 4. The van der Waals surface area contributed by atoms with E-state index in [1.807, 2.05) is 0 Å². The summed E-state index contributed by atoms with van der Waals surface area (Å²) in [5.41, 5.74) is -0.0124. The van der Waals surface area contributed by atoms with Gasteiger partial charge >= 0.3 is 15.6 Å². The van der Waals surface area contributed by atoms with E-state index in [4.69, 9.17) is 14.7 Å². The summed E-state index contributed by atoms with van der Waals surface area (Å²) in [6, 6.07) is -0.809. The summed E-state index contributed by atoms with van der Waals surface area (Å²) in [6.45, 7) is -1.46. The highest BCUT2D eigenvalue weighted by atomic mass is 31.3. The van der Waals surface area contributed by atoms with E-state index in [9.17, 15) is 39.3 Å². The Morgan fingerprint density at radius 1 is 0.914 bits per heavy atom. The largest absolute Gasteiger partial charge is 0.481 e. The molecule has 6 rings (SSSR count). The molecule has 1 aliphatic carbocycles. The number of fused-ring (bicyclic) bond motifs is 7. The molecule has 8 bridgehead atoms. The average Bonchev–Trinajstić information content (AvgIpc) is 3.41. The highest BCUT2D eigenvalue weighted by Crippen LogP contribution is 2.61. The van der Waals surface area contributed by atoms with Crippen LogP contribution in [0.25, 0.3) is 11.2 Å². The SMILES string of the molecule is N=c1c2ncn3c2ncn1[C@@H]1O[C@H](COP(=O)(O)OP(=O)(O)OC[C@H]2C[C@@H]3[C@H](O)[C@@H]2O)[C@@H](O)[C@H]1O. The number of hydrogen-bond acceptors (Lipinski definition) is 13. The summed E-state index contributed by atoms with van der Waals surface area (Å²) in [4.78, 5) is 28.1. The van der Waals surface area contributed by atoms with E-state index in [2.05, 4.69) is 18.8 Å². The van der Waals surface area contributed by atoms with Gasteiger partial charge in [0.15, 0.2) is 17.4 Å². The molecule has 2 fully saturated rings. The van der Waals surface area contributed by atoms with Crippen molar-refractivity contribution in [2.75, 3.05) is 13.2 Å². The van der Waals surface area contributed by atoms with Gasteiger partial charge in [-0.05, 0) is 6.42 Å². The standard InChI is InChI=1S/C16H23N5O12P2/c17-14-9-15-19-5-21(14)16-13(25)12(24)8(32-16)3-31-35(28,29)33-34(26,27)30-2-6-1-7(11(23)10(6)22)20(15)4-18-9/h4-8,10-13,16-17,22-25H,1-3H2,(H,26,27)(H,28,29)/t6-,7-,8-,10-,11+,12-,13-,16-/m1/s1. The molecule has 19 heteroatoms. The third-order valence-electron chi connectivity index (χ3n) is 6.35. The minimum Gasteiger partial charge on any atom is -0.390 e. The van der Waals surface area contributed by atoms with Crippen molar-refractivity contribution in [1.82, 2.24) is 19.1 Å². The van der Waals surface area contributed by atoms with E-state index in [1.54, 1.807) is 0 Å². The number of phosphoric ester groups is 2. The van der Waals surface area contributed by atoms with Gasteiger partial charge in [-0.1, -0.05) is 0 Å². The van der Waals surface area contributed by atoms with Crippen molar-refractivity contribution in [3.63, 3.8) is 0 Å². The molecule has 3 aliphatic heterocycles. The van der Waals surface area contributed by atoms with Crippen LogP contribution in [0.2, 0.25) is 0 Å². The third kappa shape index (κ3) is 4.41. The van der Waals surface area contributed by atoms with Crippen molar-refractivity contribution < 1.29 is 57.4 Å². The monoisotopic (exact) mass is 539 g/mol. The van der Waals surface area contributed by atoms with Crippen LogP contribution in [0, 0.1) is 11.3 Å². The zero-order valence-corrected chi connectivity index (χ0v) is 19.5. The lowest BCUT2D eigenvalue weighted by Gasteiger charge is -2.21. The van der Waals surface area contributed by atoms with Crippen LogP contribution in [0.3, 0.4) is 0 Å². The maximum atomic E-state index is 12.2. The van der Waals surface area contributed by atoms with Crippen LogP contribution in [-0.4, -0.2) is 93.0 Å². The maximum Gasteiger partial charge on any atom is 0.481 e. The zero-order valence-electron chi connectivity index (χ0n) is 17.7. The van der Waals surface area contributed by atoms with Crippen molar-refractivity contribution >= 4 is 26.8 Å². The van der Waals surface area contributed by atoms with E-state index in [0.29, 0.717) is 0 Å². The molecule has 0 aromatic carbocycles. The molecule has 194 valence electrons. The molecule has 17 nitrogen and oxygen atoms in total. The summed E-state index contributed by atoms with van der Waals surface area (Å²) in [5.74, 6) is -0.881. The maximum absolute atomic E-state index is 12.2. The number of aliphatic hydroxyl groups excluding tert-OH is 4. The van der Waals surface area contributed by atoms with Crippen LogP contribution < -0.4 is 5.49 Å². The molecule has 7 N–H and O–H groups in total. The van der Waals surface area contributed by atoms with E-state index in [0.717, 1.165) is 10.9 Å². The van der Waals surface area contributed by atoms with Gasteiger partial charge in [0.05, 0.1) is 31.7 Å². The lowest BCUT2D eigenvalue weighted by atomic mass is 10.1. The number of hydrogen-bond donors (Lipinski definition) is 7. The minimum atomic E-state index is -5.22. The lowest BCUT2D eigenvalue weighted by molar-refractivity contribution is -0.0545. The molecule has 2 aromatic rings. The number of phosphoric acid groups is 2. The first kappa shape index (κ1) is 25.1. The second kappa shape index (κ2) is 8.76. The fourth-order valence-electron chi connectivity index (χ4n) is 4.55. The van der Waals surface area contributed by atoms with Crippen molar-refractivity contribution in [2.24, 2.45) is 5.92 Å². The fourth-order valence-corrected chi connectivity index (χ4v) is 6.69. The van der Waals surface area contributed by atoms with Crippen LogP contribution in [-0.2, 0) is 27.2 Å². The first-order valence-corrected chi connectivity index (χ1v) is 13.4.